The third-order valence-electron chi connectivity index (χ3n) is 3.03. The smallest absolute Gasteiger partial charge is 0.216 e. The number of carbonyl (C=O) groups excluding carboxylic acids is 3. The van der Waals surface area contributed by atoms with Gasteiger partial charge < -0.3 is 5.32 Å². The summed E-state index contributed by atoms with van der Waals surface area (Å²) in [6.45, 7) is 1.96. The van der Waals surface area contributed by atoms with Gasteiger partial charge in [-0.25, -0.2) is 0 Å². The minimum atomic E-state index is -0.121. The largest absolute Gasteiger partial charge is 0.356 e. The molecule has 98 valence electrons. The molecule has 0 aliphatic heterocycles. The number of Topliss-reactive ketones (excluding diaryl/α,β-unsaturated/α-hetero) is 1. The summed E-state index contributed by atoms with van der Waals surface area (Å²) < 4.78 is 0. The molecule has 0 saturated heterocycles. The molecule has 1 amide bonds. The Balaban J connectivity index is 2.06. The van der Waals surface area contributed by atoms with Crippen LogP contribution in [0.2, 0.25) is 0 Å². The standard InChI is InChI=1S/C15H15NO3/c1-10(17)16-8-4-5-11-9-14(18)12-6-2-3-7-13(12)15(11)19/h2-3,6-7,9H,4-5,8H2,1H3,(H,16,17). The van der Waals surface area contributed by atoms with Gasteiger partial charge in [-0.1, -0.05) is 24.3 Å². The molecule has 19 heavy (non-hydrogen) atoms. The van der Waals surface area contributed by atoms with Crippen molar-refractivity contribution in [2.75, 3.05) is 6.54 Å². The molecule has 4 nitrogen and oxygen atoms in total. The molecule has 0 heterocycles. The zero-order chi connectivity index (χ0) is 13.8. The Morgan fingerprint density at radius 2 is 1.84 bits per heavy atom. The average molecular weight is 257 g/mol. The van der Waals surface area contributed by atoms with Crippen LogP contribution in [0.15, 0.2) is 35.9 Å². The maximum absolute atomic E-state index is 12.2. The van der Waals surface area contributed by atoms with Gasteiger partial charge in [0.2, 0.25) is 5.91 Å². The molecule has 1 aliphatic carbocycles. The Morgan fingerprint density at radius 1 is 1.16 bits per heavy atom. The number of nitrogens with one attached hydrogen (secondary N) is 1. The maximum Gasteiger partial charge on any atom is 0.216 e. The monoisotopic (exact) mass is 257 g/mol. The van der Waals surface area contributed by atoms with E-state index in [1.54, 1.807) is 24.3 Å². The molecule has 1 aromatic rings. The van der Waals surface area contributed by atoms with E-state index in [9.17, 15) is 14.4 Å². The molecule has 2 rings (SSSR count). The van der Waals surface area contributed by atoms with E-state index in [1.807, 2.05) is 0 Å². The molecule has 1 N–H and O–H groups in total. The zero-order valence-electron chi connectivity index (χ0n) is 10.7. The quantitative estimate of drug-likeness (QED) is 0.838. The molecule has 0 bridgehead atoms. The summed E-state index contributed by atoms with van der Waals surface area (Å²) in [7, 11) is 0. The minimum absolute atomic E-state index is 0.0852. The van der Waals surface area contributed by atoms with Crippen LogP contribution in [0.25, 0.3) is 0 Å². The Hall–Kier alpha value is -2.23. The third kappa shape index (κ3) is 2.96. The van der Waals surface area contributed by atoms with E-state index < -0.39 is 0 Å². The first-order valence-corrected chi connectivity index (χ1v) is 6.22. The second kappa shape index (κ2) is 5.61. The number of hydrogen-bond donors (Lipinski definition) is 1. The average Bonchev–Trinajstić information content (AvgIpc) is 2.40. The second-order valence-electron chi connectivity index (χ2n) is 4.50. The fraction of sp³-hybridized carbons (Fsp3) is 0.267. The van der Waals surface area contributed by atoms with Crippen molar-refractivity contribution in [2.24, 2.45) is 0 Å². The van der Waals surface area contributed by atoms with Gasteiger partial charge in [-0.15, -0.1) is 0 Å². The van der Waals surface area contributed by atoms with Crippen LogP contribution in [0.1, 0.15) is 40.5 Å². The number of fused-ring (bicyclic) bond motifs is 1. The number of hydrogen-bond acceptors (Lipinski definition) is 3. The van der Waals surface area contributed by atoms with Gasteiger partial charge in [0.1, 0.15) is 0 Å². The summed E-state index contributed by atoms with van der Waals surface area (Å²) in [5, 5.41) is 2.67. The van der Waals surface area contributed by atoms with E-state index in [1.165, 1.54) is 13.0 Å². The SMILES string of the molecule is CC(=O)NCCCC1=CC(=O)c2ccccc2C1=O. The maximum atomic E-state index is 12.2. The molecular weight excluding hydrogens is 242 g/mol. The van der Waals surface area contributed by atoms with Crippen molar-refractivity contribution in [1.82, 2.24) is 5.32 Å². The molecule has 0 saturated carbocycles. The first kappa shape index (κ1) is 13.2. The lowest BCUT2D eigenvalue weighted by Gasteiger charge is -2.14. The van der Waals surface area contributed by atoms with Crippen LogP contribution in [0, 0.1) is 0 Å². The Labute approximate surface area is 111 Å². The van der Waals surface area contributed by atoms with E-state index >= 15 is 0 Å². The van der Waals surface area contributed by atoms with Gasteiger partial charge in [0.25, 0.3) is 0 Å². The molecule has 0 unspecified atom stereocenters. The topological polar surface area (TPSA) is 63.2 Å². The highest BCUT2D eigenvalue weighted by atomic mass is 16.1. The van der Waals surface area contributed by atoms with Gasteiger partial charge in [-0.3, -0.25) is 14.4 Å². The van der Waals surface area contributed by atoms with Crippen LogP contribution < -0.4 is 5.32 Å². The summed E-state index contributed by atoms with van der Waals surface area (Å²) >= 11 is 0. The van der Waals surface area contributed by atoms with E-state index in [0.717, 1.165) is 0 Å². The van der Waals surface area contributed by atoms with Crippen molar-refractivity contribution in [3.05, 3.63) is 47.0 Å². The van der Waals surface area contributed by atoms with Crippen molar-refractivity contribution in [1.29, 1.82) is 0 Å². The first-order valence-electron chi connectivity index (χ1n) is 6.22. The fourth-order valence-electron chi connectivity index (χ4n) is 2.10. The highest BCUT2D eigenvalue weighted by Crippen LogP contribution is 2.23. The van der Waals surface area contributed by atoms with Crippen molar-refractivity contribution in [3.63, 3.8) is 0 Å². The zero-order valence-corrected chi connectivity index (χ0v) is 10.7. The van der Waals surface area contributed by atoms with Crippen LogP contribution in [-0.2, 0) is 4.79 Å². The van der Waals surface area contributed by atoms with E-state index in [2.05, 4.69) is 5.32 Å². The summed E-state index contributed by atoms with van der Waals surface area (Å²) in [5.41, 5.74) is 1.47. The van der Waals surface area contributed by atoms with Crippen molar-refractivity contribution < 1.29 is 14.4 Å². The summed E-state index contributed by atoms with van der Waals surface area (Å²) in [6.07, 6.45) is 2.56. The second-order valence-corrected chi connectivity index (χ2v) is 4.50. The summed E-state index contributed by atoms with van der Waals surface area (Å²) in [6, 6.07) is 6.85. The summed E-state index contributed by atoms with van der Waals surface area (Å²) in [4.78, 5) is 34.8. The molecule has 4 heteroatoms. The van der Waals surface area contributed by atoms with Crippen LogP contribution in [0.3, 0.4) is 0 Å². The molecule has 1 aliphatic rings. The minimum Gasteiger partial charge on any atom is -0.356 e. The predicted octanol–water partition coefficient (Wildman–Crippen LogP) is 1.91. The van der Waals surface area contributed by atoms with Crippen LogP contribution >= 0.6 is 0 Å². The van der Waals surface area contributed by atoms with Gasteiger partial charge in [-0.2, -0.15) is 0 Å². The third-order valence-corrected chi connectivity index (χ3v) is 3.03. The number of benzene rings is 1. The number of amides is 1. The Morgan fingerprint density at radius 3 is 2.53 bits per heavy atom. The number of allylic oxidation sites excluding steroid dienone is 2. The summed E-state index contributed by atoms with van der Waals surface area (Å²) in [5.74, 6) is -0.298. The van der Waals surface area contributed by atoms with Gasteiger partial charge in [0.15, 0.2) is 11.6 Å². The van der Waals surface area contributed by atoms with E-state index in [4.69, 9.17) is 0 Å². The van der Waals surface area contributed by atoms with Gasteiger partial charge in [0.05, 0.1) is 0 Å². The van der Waals surface area contributed by atoms with E-state index in [0.29, 0.717) is 36.1 Å². The molecule has 0 atom stereocenters. The van der Waals surface area contributed by atoms with Gasteiger partial charge in [-0.05, 0) is 18.9 Å². The van der Waals surface area contributed by atoms with E-state index in [-0.39, 0.29) is 17.5 Å². The molecular formula is C15H15NO3. The molecule has 0 aromatic heterocycles. The predicted molar refractivity (Wildman–Crippen MR) is 71.1 cm³/mol. The molecule has 0 spiro atoms. The number of rotatable bonds is 4. The van der Waals surface area contributed by atoms with Crippen molar-refractivity contribution in [3.8, 4) is 0 Å². The van der Waals surface area contributed by atoms with Crippen molar-refractivity contribution in [2.45, 2.75) is 19.8 Å². The Kier molecular flexibility index (Phi) is 3.90. The number of ketones is 2. The van der Waals surface area contributed by atoms with Crippen LogP contribution in [0.5, 0.6) is 0 Å². The molecule has 1 aromatic carbocycles. The number of carbonyl (C=O) groups is 3. The van der Waals surface area contributed by atoms with Crippen LogP contribution in [0.4, 0.5) is 0 Å². The fourth-order valence-corrected chi connectivity index (χ4v) is 2.10. The molecule has 0 fully saturated rings. The highest BCUT2D eigenvalue weighted by molar-refractivity contribution is 6.24. The normalized spacial score (nSPS) is 13.8. The Bertz CT molecular complexity index is 573. The lowest BCUT2D eigenvalue weighted by molar-refractivity contribution is -0.118. The first-order chi connectivity index (χ1) is 9.09. The lowest BCUT2D eigenvalue weighted by atomic mass is 9.88. The molecule has 0 radical (unpaired) electrons. The van der Waals surface area contributed by atoms with Crippen LogP contribution in [-0.4, -0.2) is 24.0 Å². The van der Waals surface area contributed by atoms with Crippen molar-refractivity contribution >= 4 is 17.5 Å². The van der Waals surface area contributed by atoms with Gasteiger partial charge >= 0.3 is 0 Å². The van der Waals surface area contributed by atoms with Gasteiger partial charge in [0, 0.05) is 30.2 Å². The highest BCUT2D eigenvalue weighted by Gasteiger charge is 2.24. The lowest BCUT2D eigenvalue weighted by Crippen LogP contribution is -2.22.